The van der Waals surface area contributed by atoms with Gasteiger partial charge in [0.25, 0.3) is 0 Å². The molecule has 3 aromatic carbocycles. The van der Waals surface area contributed by atoms with Crippen LogP contribution in [-0.4, -0.2) is 30.8 Å². The zero-order valence-corrected chi connectivity index (χ0v) is 19.7. The van der Waals surface area contributed by atoms with Crippen LogP contribution in [0.2, 0.25) is 0 Å². The van der Waals surface area contributed by atoms with Gasteiger partial charge in [0.2, 0.25) is 0 Å². The molecule has 1 N–H and O–H groups in total. The highest BCUT2D eigenvalue weighted by Crippen LogP contribution is 2.44. The van der Waals surface area contributed by atoms with Crippen molar-refractivity contribution in [2.75, 3.05) is 20.8 Å². The molecule has 1 unspecified atom stereocenters. The van der Waals surface area contributed by atoms with E-state index in [9.17, 15) is 5.11 Å². The van der Waals surface area contributed by atoms with Crippen molar-refractivity contribution in [3.63, 3.8) is 0 Å². The van der Waals surface area contributed by atoms with Crippen LogP contribution in [0.1, 0.15) is 48.6 Å². The number of benzene rings is 3. The summed E-state index contributed by atoms with van der Waals surface area (Å²) in [6, 6.07) is 22.5. The molecule has 0 aliphatic carbocycles. The highest BCUT2D eigenvalue weighted by Gasteiger charge is 2.42. The molecule has 4 heteroatoms. The van der Waals surface area contributed by atoms with Gasteiger partial charge >= 0.3 is 0 Å². The first-order valence-electron chi connectivity index (χ1n) is 11.1. The van der Waals surface area contributed by atoms with E-state index in [1.165, 1.54) is 5.56 Å². The van der Waals surface area contributed by atoms with Crippen molar-refractivity contribution in [3.05, 3.63) is 94.5 Å². The van der Waals surface area contributed by atoms with Crippen LogP contribution in [0.3, 0.4) is 0 Å². The molecule has 0 amide bonds. The second-order valence-corrected chi connectivity index (χ2v) is 9.68. The zero-order chi connectivity index (χ0) is 22.9. The van der Waals surface area contributed by atoms with E-state index in [1.807, 2.05) is 30.3 Å². The smallest absolute Gasteiger partial charge is 0.131 e. The van der Waals surface area contributed by atoms with Crippen LogP contribution < -0.4 is 9.47 Å². The fraction of sp³-hybridized carbons (Fsp3) is 0.357. The summed E-state index contributed by atoms with van der Waals surface area (Å²) in [6.07, 6.45) is 0. The van der Waals surface area contributed by atoms with Gasteiger partial charge in [-0.2, -0.15) is 0 Å². The van der Waals surface area contributed by atoms with Gasteiger partial charge in [-0.3, -0.25) is 4.90 Å². The molecule has 4 rings (SSSR count). The van der Waals surface area contributed by atoms with Gasteiger partial charge in [0.05, 0.1) is 14.2 Å². The average Bonchev–Trinajstić information content (AvgIpc) is 2.78. The van der Waals surface area contributed by atoms with E-state index in [1.54, 1.807) is 14.2 Å². The number of fused-ring (bicyclic) bond motifs is 1. The Morgan fingerprint density at radius 1 is 0.906 bits per heavy atom. The summed E-state index contributed by atoms with van der Waals surface area (Å²) in [5.74, 6) is 1.49. The van der Waals surface area contributed by atoms with E-state index in [4.69, 9.17) is 9.47 Å². The largest absolute Gasteiger partial charge is 0.497 e. The van der Waals surface area contributed by atoms with E-state index in [0.29, 0.717) is 12.3 Å². The summed E-state index contributed by atoms with van der Waals surface area (Å²) in [7, 11) is 3.34. The third-order valence-corrected chi connectivity index (χ3v) is 6.36. The molecule has 3 aromatic rings. The summed E-state index contributed by atoms with van der Waals surface area (Å²) in [5.41, 5.74) is 3.91. The Kier molecular flexibility index (Phi) is 6.02. The van der Waals surface area contributed by atoms with Gasteiger partial charge in [-0.1, -0.05) is 63.2 Å². The van der Waals surface area contributed by atoms with Crippen molar-refractivity contribution in [2.24, 2.45) is 0 Å². The number of nitrogens with zero attached hydrogens (tertiary/aromatic N) is 1. The number of rotatable bonds is 5. The molecular formula is C28H33NO3. The normalized spacial score (nSPS) is 18.8. The van der Waals surface area contributed by atoms with Crippen LogP contribution in [0, 0.1) is 0 Å². The van der Waals surface area contributed by atoms with E-state index >= 15 is 0 Å². The van der Waals surface area contributed by atoms with Gasteiger partial charge in [-0.25, -0.2) is 0 Å². The van der Waals surface area contributed by atoms with E-state index in [-0.39, 0.29) is 5.41 Å². The standard InChI is InChI=1S/C28H33NO3/c1-27(2,3)22-11-14-26(32-5)25(16-22)28(30)19-29(17-20-9-7-6-8-10-20)18-21-15-23(31-4)12-13-24(21)28/h6-16,30H,17-19H2,1-5H3. The number of aliphatic hydroxyl groups is 1. The number of hydrogen-bond donors (Lipinski definition) is 1. The molecule has 1 heterocycles. The van der Waals surface area contributed by atoms with E-state index in [0.717, 1.165) is 41.1 Å². The first kappa shape index (κ1) is 22.4. The van der Waals surface area contributed by atoms with Crippen LogP contribution in [-0.2, 0) is 24.1 Å². The van der Waals surface area contributed by atoms with Crippen molar-refractivity contribution in [1.82, 2.24) is 4.90 Å². The fourth-order valence-corrected chi connectivity index (χ4v) is 4.62. The molecule has 0 saturated carbocycles. The molecule has 1 aliphatic rings. The summed E-state index contributed by atoms with van der Waals surface area (Å²) in [6.45, 7) is 8.52. The number of β-amino-alcohol motifs (C(OH)–C–C–N with tert-alkyl or cyclic N) is 1. The summed E-state index contributed by atoms with van der Waals surface area (Å²) < 4.78 is 11.2. The maximum atomic E-state index is 12.3. The monoisotopic (exact) mass is 431 g/mol. The van der Waals surface area contributed by atoms with Crippen molar-refractivity contribution in [3.8, 4) is 11.5 Å². The lowest BCUT2D eigenvalue weighted by Crippen LogP contribution is -2.46. The Hall–Kier alpha value is -2.82. The third kappa shape index (κ3) is 4.25. The molecule has 0 saturated heterocycles. The average molecular weight is 432 g/mol. The predicted octanol–water partition coefficient (Wildman–Crippen LogP) is 5.25. The molecular weight excluding hydrogens is 398 g/mol. The van der Waals surface area contributed by atoms with Crippen LogP contribution in [0.25, 0.3) is 0 Å². The van der Waals surface area contributed by atoms with Crippen molar-refractivity contribution >= 4 is 0 Å². The Balaban J connectivity index is 1.85. The second-order valence-electron chi connectivity index (χ2n) is 9.68. The summed E-state index contributed by atoms with van der Waals surface area (Å²) in [4.78, 5) is 2.29. The molecule has 0 radical (unpaired) electrons. The second kappa shape index (κ2) is 8.61. The van der Waals surface area contributed by atoms with Gasteiger partial charge in [0, 0.05) is 25.2 Å². The Bertz CT molecular complexity index is 1090. The lowest BCUT2D eigenvalue weighted by molar-refractivity contribution is 0.0135. The van der Waals surface area contributed by atoms with Gasteiger partial charge in [-0.15, -0.1) is 0 Å². The first-order valence-corrected chi connectivity index (χ1v) is 11.1. The SMILES string of the molecule is COc1ccc2c(c1)CN(Cc1ccccc1)CC2(O)c1cc(C(C)(C)C)ccc1OC. The third-order valence-electron chi connectivity index (χ3n) is 6.36. The van der Waals surface area contributed by atoms with Crippen LogP contribution in [0.5, 0.6) is 11.5 Å². The maximum absolute atomic E-state index is 12.3. The molecule has 168 valence electrons. The van der Waals surface area contributed by atoms with E-state index < -0.39 is 5.60 Å². The Morgan fingerprint density at radius 3 is 2.31 bits per heavy atom. The Labute approximate surface area is 191 Å². The topological polar surface area (TPSA) is 41.9 Å². The number of ether oxygens (including phenoxy) is 2. The minimum absolute atomic E-state index is 0.0431. The minimum Gasteiger partial charge on any atom is -0.497 e. The quantitative estimate of drug-likeness (QED) is 0.599. The van der Waals surface area contributed by atoms with Crippen molar-refractivity contribution in [1.29, 1.82) is 0 Å². The van der Waals surface area contributed by atoms with Crippen LogP contribution in [0.4, 0.5) is 0 Å². The summed E-state index contributed by atoms with van der Waals surface area (Å²) >= 11 is 0. The summed E-state index contributed by atoms with van der Waals surface area (Å²) in [5, 5.41) is 12.3. The predicted molar refractivity (Wildman–Crippen MR) is 128 cm³/mol. The lowest BCUT2D eigenvalue weighted by atomic mass is 9.77. The van der Waals surface area contributed by atoms with Gasteiger partial charge < -0.3 is 14.6 Å². The molecule has 4 nitrogen and oxygen atoms in total. The highest BCUT2D eigenvalue weighted by atomic mass is 16.5. The molecule has 1 aliphatic heterocycles. The number of hydrogen-bond acceptors (Lipinski definition) is 4. The molecule has 0 aromatic heterocycles. The molecule has 0 spiro atoms. The first-order chi connectivity index (χ1) is 15.2. The zero-order valence-electron chi connectivity index (χ0n) is 19.7. The lowest BCUT2D eigenvalue weighted by Gasteiger charge is -2.42. The molecule has 0 bridgehead atoms. The fourth-order valence-electron chi connectivity index (χ4n) is 4.62. The van der Waals surface area contributed by atoms with Crippen LogP contribution >= 0.6 is 0 Å². The molecule has 1 atom stereocenters. The molecule has 32 heavy (non-hydrogen) atoms. The van der Waals surface area contributed by atoms with Crippen LogP contribution in [0.15, 0.2) is 66.7 Å². The van der Waals surface area contributed by atoms with Gasteiger partial charge in [0.15, 0.2) is 0 Å². The number of methoxy groups -OCH3 is 2. The highest BCUT2D eigenvalue weighted by molar-refractivity contribution is 5.52. The Morgan fingerprint density at radius 2 is 1.66 bits per heavy atom. The van der Waals surface area contributed by atoms with Gasteiger partial charge in [-0.05, 0) is 51.9 Å². The molecule has 0 fully saturated rings. The minimum atomic E-state index is -1.21. The van der Waals surface area contributed by atoms with E-state index in [2.05, 4.69) is 62.1 Å². The maximum Gasteiger partial charge on any atom is 0.131 e. The van der Waals surface area contributed by atoms with Crippen molar-refractivity contribution in [2.45, 2.75) is 44.9 Å². The van der Waals surface area contributed by atoms with Crippen molar-refractivity contribution < 1.29 is 14.6 Å². The van der Waals surface area contributed by atoms with Gasteiger partial charge in [0.1, 0.15) is 17.1 Å².